The SMILES string of the molecule is CC(CCO)C1CN(C)C1. The van der Waals surface area contributed by atoms with Gasteiger partial charge in [-0.15, -0.1) is 0 Å². The predicted molar refractivity (Wildman–Crippen MR) is 41.9 cm³/mol. The largest absolute Gasteiger partial charge is 0.396 e. The molecule has 0 radical (unpaired) electrons. The van der Waals surface area contributed by atoms with Gasteiger partial charge in [-0.3, -0.25) is 0 Å². The van der Waals surface area contributed by atoms with Crippen molar-refractivity contribution in [2.75, 3.05) is 26.7 Å². The van der Waals surface area contributed by atoms with Gasteiger partial charge in [-0.05, 0) is 25.3 Å². The van der Waals surface area contributed by atoms with Crippen molar-refractivity contribution in [1.29, 1.82) is 0 Å². The highest BCUT2D eigenvalue weighted by Crippen LogP contribution is 2.23. The topological polar surface area (TPSA) is 23.5 Å². The number of aliphatic hydroxyl groups is 1. The highest BCUT2D eigenvalue weighted by atomic mass is 16.3. The third-order valence-corrected chi connectivity index (χ3v) is 2.48. The molecule has 1 heterocycles. The standard InChI is InChI=1S/C8H17NO/c1-7(3-4-10)8-5-9(2)6-8/h7-8,10H,3-6H2,1-2H3. The summed E-state index contributed by atoms with van der Waals surface area (Å²) < 4.78 is 0. The Morgan fingerprint density at radius 1 is 1.60 bits per heavy atom. The van der Waals surface area contributed by atoms with Crippen molar-refractivity contribution in [2.45, 2.75) is 13.3 Å². The van der Waals surface area contributed by atoms with Gasteiger partial charge >= 0.3 is 0 Å². The molecular weight excluding hydrogens is 126 g/mol. The molecule has 0 bridgehead atoms. The average Bonchev–Trinajstić information content (AvgIpc) is 1.82. The second-order valence-electron chi connectivity index (χ2n) is 3.47. The van der Waals surface area contributed by atoms with Crippen LogP contribution < -0.4 is 0 Å². The minimum absolute atomic E-state index is 0.349. The molecule has 60 valence electrons. The first-order chi connectivity index (χ1) is 4.74. The fourth-order valence-corrected chi connectivity index (χ4v) is 1.55. The van der Waals surface area contributed by atoms with Crippen LogP contribution in [0.25, 0.3) is 0 Å². The summed E-state index contributed by atoms with van der Waals surface area (Å²) in [6, 6.07) is 0. The van der Waals surface area contributed by atoms with E-state index in [1.807, 2.05) is 0 Å². The zero-order valence-corrected chi connectivity index (χ0v) is 6.88. The Labute approximate surface area is 62.8 Å². The molecule has 1 aliphatic heterocycles. The van der Waals surface area contributed by atoms with Crippen LogP contribution in [-0.2, 0) is 0 Å². The van der Waals surface area contributed by atoms with Crippen LogP contribution in [0.4, 0.5) is 0 Å². The van der Waals surface area contributed by atoms with Gasteiger partial charge in [0.05, 0.1) is 0 Å². The first-order valence-corrected chi connectivity index (χ1v) is 4.03. The fourth-order valence-electron chi connectivity index (χ4n) is 1.55. The first-order valence-electron chi connectivity index (χ1n) is 4.03. The Balaban J connectivity index is 2.11. The van der Waals surface area contributed by atoms with Crippen LogP contribution in [0, 0.1) is 11.8 Å². The Morgan fingerprint density at radius 2 is 2.20 bits per heavy atom. The molecule has 10 heavy (non-hydrogen) atoms. The van der Waals surface area contributed by atoms with Gasteiger partial charge in [0.1, 0.15) is 0 Å². The van der Waals surface area contributed by atoms with Crippen LogP contribution in [0.3, 0.4) is 0 Å². The molecule has 1 saturated heterocycles. The zero-order valence-electron chi connectivity index (χ0n) is 6.88. The highest BCUT2D eigenvalue weighted by Gasteiger charge is 2.27. The summed E-state index contributed by atoms with van der Waals surface area (Å²) in [6.07, 6.45) is 0.971. The summed E-state index contributed by atoms with van der Waals surface area (Å²) in [7, 11) is 2.14. The van der Waals surface area contributed by atoms with Gasteiger partial charge in [0, 0.05) is 19.7 Å². The van der Waals surface area contributed by atoms with E-state index in [2.05, 4.69) is 18.9 Å². The lowest BCUT2D eigenvalue weighted by Crippen LogP contribution is -2.46. The molecule has 1 rings (SSSR count). The van der Waals surface area contributed by atoms with Crippen molar-refractivity contribution < 1.29 is 5.11 Å². The fraction of sp³-hybridized carbons (Fsp3) is 1.00. The molecule has 0 aliphatic carbocycles. The van der Waals surface area contributed by atoms with E-state index in [1.54, 1.807) is 0 Å². The van der Waals surface area contributed by atoms with Gasteiger partial charge in [-0.25, -0.2) is 0 Å². The van der Waals surface area contributed by atoms with Gasteiger partial charge in [-0.1, -0.05) is 6.92 Å². The van der Waals surface area contributed by atoms with Gasteiger partial charge in [-0.2, -0.15) is 0 Å². The third-order valence-electron chi connectivity index (χ3n) is 2.48. The van der Waals surface area contributed by atoms with Crippen LogP contribution in [0.1, 0.15) is 13.3 Å². The summed E-state index contributed by atoms with van der Waals surface area (Å²) in [5, 5.41) is 8.66. The van der Waals surface area contributed by atoms with Gasteiger partial charge in [0.25, 0.3) is 0 Å². The molecule has 1 atom stereocenters. The molecule has 0 spiro atoms. The molecule has 1 unspecified atom stereocenters. The van der Waals surface area contributed by atoms with Crippen LogP contribution in [0.2, 0.25) is 0 Å². The van der Waals surface area contributed by atoms with Gasteiger partial charge in [0.15, 0.2) is 0 Å². The second kappa shape index (κ2) is 3.35. The van der Waals surface area contributed by atoms with Crippen molar-refractivity contribution in [3.63, 3.8) is 0 Å². The van der Waals surface area contributed by atoms with E-state index in [9.17, 15) is 0 Å². The minimum atomic E-state index is 0.349. The second-order valence-corrected chi connectivity index (χ2v) is 3.47. The molecule has 1 fully saturated rings. The summed E-state index contributed by atoms with van der Waals surface area (Å²) in [5.41, 5.74) is 0. The average molecular weight is 143 g/mol. The van der Waals surface area contributed by atoms with E-state index in [-0.39, 0.29) is 0 Å². The van der Waals surface area contributed by atoms with E-state index < -0.39 is 0 Å². The Morgan fingerprint density at radius 3 is 2.60 bits per heavy atom. The van der Waals surface area contributed by atoms with Crippen molar-refractivity contribution >= 4 is 0 Å². The molecule has 0 aromatic carbocycles. The summed E-state index contributed by atoms with van der Waals surface area (Å²) in [6.45, 7) is 5.03. The van der Waals surface area contributed by atoms with E-state index >= 15 is 0 Å². The third kappa shape index (κ3) is 1.70. The van der Waals surface area contributed by atoms with Crippen molar-refractivity contribution in [3.05, 3.63) is 0 Å². The van der Waals surface area contributed by atoms with E-state index in [1.165, 1.54) is 13.1 Å². The minimum Gasteiger partial charge on any atom is -0.396 e. The molecule has 0 aromatic heterocycles. The lowest BCUT2D eigenvalue weighted by Gasteiger charge is -2.39. The predicted octanol–water partition coefficient (Wildman–Crippen LogP) is 0.567. The Bertz CT molecular complexity index is 96.7. The Hall–Kier alpha value is -0.0800. The molecule has 2 nitrogen and oxygen atoms in total. The highest BCUT2D eigenvalue weighted by molar-refractivity contribution is 4.80. The number of aliphatic hydroxyl groups excluding tert-OH is 1. The van der Waals surface area contributed by atoms with Crippen LogP contribution >= 0.6 is 0 Å². The maximum Gasteiger partial charge on any atom is 0.0433 e. The summed E-state index contributed by atoms with van der Waals surface area (Å²) in [5.74, 6) is 1.55. The number of likely N-dealkylation sites (tertiary alicyclic amines) is 1. The van der Waals surface area contributed by atoms with Crippen LogP contribution in [-0.4, -0.2) is 36.8 Å². The van der Waals surface area contributed by atoms with E-state index in [0.29, 0.717) is 12.5 Å². The van der Waals surface area contributed by atoms with Crippen molar-refractivity contribution in [1.82, 2.24) is 4.90 Å². The van der Waals surface area contributed by atoms with E-state index in [4.69, 9.17) is 5.11 Å². The van der Waals surface area contributed by atoms with E-state index in [0.717, 1.165) is 12.3 Å². The number of hydrogen-bond acceptors (Lipinski definition) is 2. The quantitative estimate of drug-likeness (QED) is 0.624. The molecule has 0 amide bonds. The van der Waals surface area contributed by atoms with Crippen molar-refractivity contribution in [2.24, 2.45) is 11.8 Å². The first kappa shape index (κ1) is 8.02. The Kier molecular flexibility index (Phi) is 2.69. The molecule has 1 N–H and O–H groups in total. The smallest absolute Gasteiger partial charge is 0.0433 e. The molecule has 0 saturated carbocycles. The lowest BCUT2D eigenvalue weighted by atomic mass is 9.86. The molecule has 1 aliphatic rings. The maximum absolute atomic E-state index is 8.66. The van der Waals surface area contributed by atoms with Crippen LogP contribution in [0.15, 0.2) is 0 Å². The monoisotopic (exact) mass is 143 g/mol. The zero-order chi connectivity index (χ0) is 7.56. The van der Waals surface area contributed by atoms with Gasteiger partial charge < -0.3 is 10.0 Å². The number of hydrogen-bond donors (Lipinski definition) is 1. The molecular formula is C8H17NO. The molecule has 2 heteroatoms. The maximum atomic E-state index is 8.66. The normalized spacial score (nSPS) is 24.3. The van der Waals surface area contributed by atoms with Gasteiger partial charge in [0.2, 0.25) is 0 Å². The summed E-state index contributed by atoms with van der Waals surface area (Å²) in [4.78, 5) is 2.32. The lowest BCUT2D eigenvalue weighted by molar-refractivity contribution is 0.0773. The number of nitrogens with zero attached hydrogens (tertiary/aromatic N) is 1. The van der Waals surface area contributed by atoms with Crippen LogP contribution in [0.5, 0.6) is 0 Å². The van der Waals surface area contributed by atoms with Crippen molar-refractivity contribution in [3.8, 4) is 0 Å². The summed E-state index contributed by atoms with van der Waals surface area (Å²) >= 11 is 0. The molecule has 0 aromatic rings. The number of rotatable bonds is 3.